The second-order valence-corrected chi connectivity index (χ2v) is 11.8. The normalized spacial score (nSPS) is 12.2. The Labute approximate surface area is 241 Å². The molecular formula is C38H35NO2. The predicted molar refractivity (Wildman–Crippen MR) is 170 cm³/mol. The van der Waals surface area contributed by atoms with Crippen LogP contribution in [0.2, 0.25) is 0 Å². The molecule has 3 nitrogen and oxygen atoms in total. The molecule has 41 heavy (non-hydrogen) atoms. The van der Waals surface area contributed by atoms with Gasteiger partial charge < -0.3 is 15.9 Å². The van der Waals surface area contributed by atoms with E-state index in [1.165, 1.54) is 0 Å². The highest BCUT2D eigenvalue weighted by Gasteiger charge is 2.50. The van der Waals surface area contributed by atoms with Gasteiger partial charge >= 0.3 is 0 Å². The van der Waals surface area contributed by atoms with Crippen molar-refractivity contribution >= 4 is 21.5 Å². The predicted octanol–water partition coefficient (Wildman–Crippen LogP) is 8.91. The van der Waals surface area contributed by atoms with Crippen LogP contribution in [0.3, 0.4) is 0 Å². The van der Waals surface area contributed by atoms with Crippen LogP contribution in [-0.4, -0.2) is 10.2 Å². The third-order valence-corrected chi connectivity index (χ3v) is 8.53. The van der Waals surface area contributed by atoms with E-state index in [-0.39, 0.29) is 18.0 Å². The van der Waals surface area contributed by atoms with Gasteiger partial charge in [0.1, 0.15) is 11.5 Å². The molecule has 0 fully saturated rings. The molecule has 0 spiro atoms. The monoisotopic (exact) mass is 537 g/mol. The van der Waals surface area contributed by atoms with Gasteiger partial charge in [-0.05, 0) is 73.5 Å². The minimum absolute atomic E-state index is 0.191. The summed E-state index contributed by atoms with van der Waals surface area (Å²) in [6.07, 6.45) is 0. The van der Waals surface area contributed by atoms with E-state index < -0.39 is 10.8 Å². The maximum Gasteiger partial charge on any atom is 0.124 e. The van der Waals surface area contributed by atoms with Crippen molar-refractivity contribution in [3.8, 4) is 22.6 Å². The second kappa shape index (κ2) is 10.1. The van der Waals surface area contributed by atoms with Gasteiger partial charge in [0.15, 0.2) is 0 Å². The molecule has 0 aliphatic carbocycles. The summed E-state index contributed by atoms with van der Waals surface area (Å²) in [7, 11) is 0. The summed E-state index contributed by atoms with van der Waals surface area (Å²) in [4.78, 5) is 0. The highest BCUT2D eigenvalue weighted by atomic mass is 16.3. The maximum atomic E-state index is 12.2. The van der Waals surface area contributed by atoms with Gasteiger partial charge in [0, 0.05) is 17.7 Å². The number of aromatic hydroxyl groups is 2. The first-order valence-electron chi connectivity index (χ1n) is 14.1. The maximum absolute atomic E-state index is 12.2. The van der Waals surface area contributed by atoms with E-state index in [0.29, 0.717) is 5.56 Å². The third kappa shape index (κ3) is 4.25. The Morgan fingerprint density at radius 2 is 1.07 bits per heavy atom. The summed E-state index contributed by atoms with van der Waals surface area (Å²) in [5.41, 5.74) is 10.7. The van der Waals surface area contributed by atoms with E-state index in [1.807, 2.05) is 18.2 Å². The molecular weight excluding hydrogens is 502 g/mol. The van der Waals surface area contributed by atoms with E-state index in [1.54, 1.807) is 12.1 Å². The van der Waals surface area contributed by atoms with E-state index >= 15 is 0 Å². The smallest absolute Gasteiger partial charge is 0.124 e. The third-order valence-electron chi connectivity index (χ3n) is 8.53. The van der Waals surface area contributed by atoms with Crippen molar-refractivity contribution in [2.75, 3.05) is 0 Å². The Bertz CT molecular complexity index is 1790. The molecule has 0 unspecified atom stereocenters. The molecule has 3 heteroatoms. The number of nitrogens with two attached hydrogens (primary N) is 1. The fourth-order valence-corrected chi connectivity index (χ4v) is 6.71. The fraction of sp³-hybridized carbons (Fsp3) is 0.158. The Morgan fingerprint density at radius 3 is 1.59 bits per heavy atom. The minimum Gasteiger partial charge on any atom is -0.508 e. The van der Waals surface area contributed by atoms with Crippen molar-refractivity contribution in [1.29, 1.82) is 0 Å². The highest BCUT2D eigenvalue weighted by molar-refractivity contribution is 5.93. The first-order valence-corrected chi connectivity index (χ1v) is 14.1. The number of fused-ring (bicyclic) bond motifs is 2. The van der Waals surface area contributed by atoms with Crippen molar-refractivity contribution in [3.63, 3.8) is 0 Å². The molecule has 0 radical (unpaired) electrons. The minimum atomic E-state index is -0.782. The highest BCUT2D eigenvalue weighted by Crippen LogP contribution is 2.58. The lowest BCUT2D eigenvalue weighted by Crippen LogP contribution is -2.43. The Kier molecular flexibility index (Phi) is 6.56. The standard InChI is InChI=1S/C38H35NO2/c1-37(2,3)38(33-16-8-12-26-10-4-6-14-31(26)33,34-17-9-13-27-11-5-7-15-32(27)34)35-23-28(22-29(24-39)36(35)41)25-18-20-30(40)21-19-25/h4-23,40-41H,24,39H2,1-3H3. The number of benzene rings is 6. The SMILES string of the molecule is CC(C)(C)C(c1cc(-c2ccc(O)cc2)cc(CN)c1O)(c1cccc2ccccc12)c1cccc2ccccc12. The van der Waals surface area contributed by atoms with Crippen molar-refractivity contribution in [1.82, 2.24) is 0 Å². The first kappa shape index (κ1) is 26.6. The zero-order valence-corrected chi connectivity index (χ0v) is 23.7. The van der Waals surface area contributed by atoms with E-state index in [2.05, 4.69) is 112 Å². The number of phenolic OH excluding ortho intramolecular Hbond substituents is 2. The quantitative estimate of drug-likeness (QED) is 0.192. The van der Waals surface area contributed by atoms with E-state index in [9.17, 15) is 10.2 Å². The Balaban J connectivity index is 1.85. The summed E-state index contributed by atoms with van der Waals surface area (Å²) in [5, 5.41) is 26.7. The lowest BCUT2D eigenvalue weighted by atomic mass is 9.54. The van der Waals surface area contributed by atoms with Crippen molar-refractivity contribution in [2.24, 2.45) is 11.1 Å². The van der Waals surface area contributed by atoms with Gasteiger partial charge in [-0.2, -0.15) is 0 Å². The van der Waals surface area contributed by atoms with Crippen LogP contribution >= 0.6 is 0 Å². The molecule has 0 amide bonds. The number of rotatable bonds is 5. The lowest BCUT2D eigenvalue weighted by Gasteiger charge is -2.48. The molecule has 0 aliphatic heterocycles. The molecule has 0 saturated heterocycles. The molecule has 0 heterocycles. The first-order chi connectivity index (χ1) is 19.8. The van der Waals surface area contributed by atoms with E-state index in [0.717, 1.165) is 49.4 Å². The van der Waals surface area contributed by atoms with Crippen LogP contribution in [0.4, 0.5) is 0 Å². The van der Waals surface area contributed by atoms with Gasteiger partial charge in [0.05, 0.1) is 5.41 Å². The summed E-state index contributed by atoms with van der Waals surface area (Å²) in [5.74, 6) is 0.424. The van der Waals surface area contributed by atoms with Crippen molar-refractivity contribution < 1.29 is 10.2 Å². The molecule has 6 aromatic carbocycles. The number of hydrogen-bond acceptors (Lipinski definition) is 3. The Morgan fingerprint density at radius 1 is 0.561 bits per heavy atom. The van der Waals surface area contributed by atoms with Crippen LogP contribution in [0.5, 0.6) is 11.5 Å². The molecule has 4 N–H and O–H groups in total. The average Bonchev–Trinajstić information content (AvgIpc) is 2.98. The molecule has 6 aromatic rings. The van der Waals surface area contributed by atoms with Crippen LogP contribution in [0.1, 0.15) is 43.0 Å². The topological polar surface area (TPSA) is 66.5 Å². The zero-order valence-electron chi connectivity index (χ0n) is 23.7. The van der Waals surface area contributed by atoms with Crippen LogP contribution in [0.15, 0.2) is 121 Å². The lowest BCUT2D eigenvalue weighted by molar-refractivity contribution is 0.268. The molecule has 0 bridgehead atoms. The van der Waals surface area contributed by atoms with Gasteiger partial charge in [-0.25, -0.2) is 0 Å². The van der Waals surface area contributed by atoms with Gasteiger partial charge in [-0.15, -0.1) is 0 Å². The van der Waals surface area contributed by atoms with Crippen LogP contribution < -0.4 is 5.73 Å². The van der Waals surface area contributed by atoms with E-state index in [4.69, 9.17) is 5.73 Å². The second-order valence-electron chi connectivity index (χ2n) is 11.8. The molecule has 0 saturated carbocycles. The molecule has 204 valence electrons. The van der Waals surface area contributed by atoms with Gasteiger partial charge in [0.25, 0.3) is 0 Å². The van der Waals surface area contributed by atoms with Crippen molar-refractivity contribution in [3.05, 3.63) is 144 Å². The molecule has 0 aliphatic rings. The largest absolute Gasteiger partial charge is 0.508 e. The van der Waals surface area contributed by atoms with Gasteiger partial charge in [-0.3, -0.25) is 0 Å². The molecule has 0 atom stereocenters. The zero-order chi connectivity index (χ0) is 28.8. The van der Waals surface area contributed by atoms with Crippen LogP contribution in [0.25, 0.3) is 32.7 Å². The van der Waals surface area contributed by atoms with Gasteiger partial charge in [0.2, 0.25) is 0 Å². The fourth-order valence-electron chi connectivity index (χ4n) is 6.71. The van der Waals surface area contributed by atoms with Crippen molar-refractivity contribution in [2.45, 2.75) is 32.7 Å². The summed E-state index contributed by atoms with van der Waals surface area (Å²) < 4.78 is 0. The van der Waals surface area contributed by atoms with Gasteiger partial charge in [-0.1, -0.05) is 118 Å². The number of phenols is 2. The summed E-state index contributed by atoms with van der Waals surface area (Å²) >= 11 is 0. The molecule has 0 aromatic heterocycles. The van der Waals surface area contributed by atoms with Crippen LogP contribution in [-0.2, 0) is 12.0 Å². The average molecular weight is 538 g/mol. The number of hydrogen-bond donors (Lipinski definition) is 3. The summed E-state index contributed by atoms with van der Waals surface area (Å²) in [6.45, 7) is 6.96. The van der Waals surface area contributed by atoms with Crippen LogP contribution in [0, 0.1) is 5.41 Å². The Hall–Kier alpha value is -4.60. The summed E-state index contributed by atoms with van der Waals surface area (Å²) in [6, 6.07) is 41.2. The molecule has 6 rings (SSSR count).